The number of carbonyl (C=O) groups excluding carboxylic acids is 1. The van der Waals surface area contributed by atoms with E-state index in [-0.39, 0.29) is 11.9 Å². The first-order chi connectivity index (χ1) is 8.25. The standard InChI is InChI=1S/C14H18N2O/c1-16-9-8-12(15-14(17)10-6-7-10)11-4-2-3-5-13(11)16/h2-5,10,12H,6-9H2,1H3,(H,15,17). The minimum absolute atomic E-state index is 0.204. The molecule has 1 N–H and O–H groups in total. The van der Waals surface area contributed by atoms with Crippen molar-refractivity contribution < 1.29 is 4.79 Å². The molecule has 0 spiro atoms. The molecule has 3 heteroatoms. The topological polar surface area (TPSA) is 32.3 Å². The molecule has 90 valence electrons. The van der Waals surface area contributed by atoms with Crippen LogP contribution in [0.5, 0.6) is 0 Å². The van der Waals surface area contributed by atoms with Crippen molar-refractivity contribution >= 4 is 11.6 Å². The number of anilines is 1. The van der Waals surface area contributed by atoms with Crippen LogP contribution in [0.25, 0.3) is 0 Å². The number of nitrogens with one attached hydrogen (secondary N) is 1. The van der Waals surface area contributed by atoms with Crippen LogP contribution in [0, 0.1) is 5.92 Å². The molecule has 0 aromatic heterocycles. The molecular weight excluding hydrogens is 212 g/mol. The highest BCUT2D eigenvalue weighted by atomic mass is 16.2. The first-order valence-corrected chi connectivity index (χ1v) is 6.36. The fraction of sp³-hybridized carbons (Fsp3) is 0.500. The van der Waals surface area contributed by atoms with Gasteiger partial charge in [-0.15, -0.1) is 0 Å². The summed E-state index contributed by atoms with van der Waals surface area (Å²) in [4.78, 5) is 14.1. The first-order valence-electron chi connectivity index (χ1n) is 6.36. The van der Waals surface area contributed by atoms with Gasteiger partial charge in [0, 0.05) is 25.2 Å². The van der Waals surface area contributed by atoms with Gasteiger partial charge in [-0.05, 0) is 30.9 Å². The minimum atomic E-state index is 0.204. The molecule has 1 amide bonds. The lowest BCUT2D eigenvalue weighted by atomic mass is 9.96. The molecule has 1 saturated carbocycles. The Balaban J connectivity index is 1.82. The smallest absolute Gasteiger partial charge is 0.223 e. The fourth-order valence-electron chi connectivity index (χ4n) is 2.51. The number of nitrogens with zero attached hydrogens (tertiary/aromatic N) is 1. The second-order valence-electron chi connectivity index (χ2n) is 5.10. The zero-order valence-electron chi connectivity index (χ0n) is 10.1. The summed E-state index contributed by atoms with van der Waals surface area (Å²) < 4.78 is 0. The van der Waals surface area contributed by atoms with Crippen molar-refractivity contribution in [2.75, 3.05) is 18.5 Å². The fourth-order valence-corrected chi connectivity index (χ4v) is 2.51. The number of hydrogen-bond acceptors (Lipinski definition) is 2. The minimum Gasteiger partial charge on any atom is -0.374 e. The number of benzene rings is 1. The number of fused-ring (bicyclic) bond motifs is 1. The number of carbonyl (C=O) groups is 1. The SMILES string of the molecule is CN1CCC(NC(=O)C2CC2)c2ccccc21. The van der Waals surface area contributed by atoms with E-state index in [0.717, 1.165) is 25.8 Å². The van der Waals surface area contributed by atoms with Crippen LogP contribution in [0.1, 0.15) is 30.9 Å². The van der Waals surface area contributed by atoms with Gasteiger partial charge in [0.25, 0.3) is 0 Å². The van der Waals surface area contributed by atoms with Gasteiger partial charge in [0.1, 0.15) is 0 Å². The maximum Gasteiger partial charge on any atom is 0.223 e. The van der Waals surface area contributed by atoms with E-state index in [1.54, 1.807) is 0 Å². The van der Waals surface area contributed by atoms with Crippen molar-refractivity contribution in [1.82, 2.24) is 5.32 Å². The van der Waals surface area contributed by atoms with E-state index in [0.29, 0.717) is 5.92 Å². The van der Waals surface area contributed by atoms with Crippen LogP contribution in [0.2, 0.25) is 0 Å². The quantitative estimate of drug-likeness (QED) is 0.843. The first kappa shape index (κ1) is 10.6. The Morgan fingerprint density at radius 1 is 1.29 bits per heavy atom. The summed E-state index contributed by atoms with van der Waals surface area (Å²) in [6.45, 7) is 1.01. The summed E-state index contributed by atoms with van der Waals surface area (Å²) >= 11 is 0. The monoisotopic (exact) mass is 230 g/mol. The van der Waals surface area contributed by atoms with Gasteiger partial charge in [0.05, 0.1) is 6.04 Å². The molecule has 3 rings (SSSR count). The summed E-state index contributed by atoms with van der Waals surface area (Å²) in [5.41, 5.74) is 2.51. The highest BCUT2D eigenvalue weighted by molar-refractivity contribution is 5.81. The average Bonchev–Trinajstić information content (AvgIpc) is 3.17. The summed E-state index contributed by atoms with van der Waals surface area (Å²) in [6.07, 6.45) is 3.15. The van der Waals surface area contributed by atoms with Gasteiger partial charge in [-0.3, -0.25) is 4.79 Å². The van der Waals surface area contributed by atoms with Crippen molar-refractivity contribution in [3.8, 4) is 0 Å². The van der Waals surface area contributed by atoms with Crippen LogP contribution in [0.3, 0.4) is 0 Å². The molecule has 1 heterocycles. The van der Waals surface area contributed by atoms with Gasteiger partial charge in [0.2, 0.25) is 5.91 Å². The van der Waals surface area contributed by atoms with Crippen LogP contribution in [-0.4, -0.2) is 19.5 Å². The number of para-hydroxylation sites is 1. The van der Waals surface area contributed by atoms with Crippen LogP contribution in [-0.2, 0) is 4.79 Å². The second-order valence-corrected chi connectivity index (χ2v) is 5.10. The van der Waals surface area contributed by atoms with E-state index >= 15 is 0 Å². The van der Waals surface area contributed by atoms with Gasteiger partial charge in [0.15, 0.2) is 0 Å². The van der Waals surface area contributed by atoms with Crippen LogP contribution < -0.4 is 10.2 Å². The molecule has 1 aromatic rings. The van der Waals surface area contributed by atoms with Gasteiger partial charge in [-0.2, -0.15) is 0 Å². The predicted molar refractivity (Wildman–Crippen MR) is 67.9 cm³/mol. The van der Waals surface area contributed by atoms with E-state index in [2.05, 4.69) is 35.5 Å². The zero-order chi connectivity index (χ0) is 11.8. The predicted octanol–water partition coefficient (Wildman–Crippen LogP) is 2.09. The van der Waals surface area contributed by atoms with Crippen molar-refractivity contribution in [2.45, 2.75) is 25.3 Å². The number of hydrogen-bond donors (Lipinski definition) is 1. The van der Waals surface area contributed by atoms with E-state index in [1.165, 1.54) is 11.3 Å². The molecule has 17 heavy (non-hydrogen) atoms. The van der Waals surface area contributed by atoms with Crippen LogP contribution >= 0.6 is 0 Å². The summed E-state index contributed by atoms with van der Waals surface area (Å²) in [7, 11) is 2.11. The van der Waals surface area contributed by atoms with E-state index in [4.69, 9.17) is 0 Å². The Labute approximate surface area is 102 Å². The number of rotatable bonds is 2. The Morgan fingerprint density at radius 3 is 2.82 bits per heavy atom. The highest BCUT2D eigenvalue weighted by Gasteiger charge is 2.32. The van der Waals surface area contributed by atoms with Gasteiger partial charge in [-0.1, -0.05) is 18.2 Å². The molecule has 2 aliphatic rings. The molecule has 1 atom stereocenters. The van der Waals surface area contributed by atoms with Gasteiger partial charge < -0.3 is 10.2 Å². The maximum absolute atomic E-state index is 11.8. The normalized spacial score (nSPS) is 23.1. The molecule has 3 nitrogen and oxygen atoms in total. The van der Waals surface area contributed by atoms with E-state index < -0.39 is 0 Å². The molecule has 0 saturated heterocycles. The summed E-state index contributed by atoms with van der Waals surface area (Å²) in [5.74, 6) is 0.538. The second kappa shape index (κ2) is 4.06. The van der Waals surface area contributed by atoms with Crippen molar-refractivity contribution in [1.29, 1.82) is 0 Å². The third-order valence-corrected chi connectivity index (χ3v) is 3.74. The molecule has 1 fully saturated rings. The van der Waals surface area contributed by atoms with Crippen LogP contribution in [0.15, 0.2) is 24.3 Å². The Hall–Kier alpha value is -1.51. The highest BCUT2D eigenvalue weighted by Crippen LogP contribution is 2.35. The molecule has 1 unspecified atom stereocenters. The van der Waals surface area contributed by atoms with Crippen molar-refractivity contribution in [3.63, 3.8) is 0 Å². The lowest BCUT2D eigenvalue weighted by molar-refractivity contribution is -0.123. The molecule has 1 aliphatic carbocycles. The largest absolute Gasteiger partial charge is 0.374 e. The lowest BCUT2D eigenvalue weighted by Gasteiger charge is -2.33. The van der Waals surface area contributed by atoms with E-state index in [1.807, 2.05) is 6.07 Å². The Bertz CT molecular complexity index is 440. The third kappa shape index (κ3) is 2.02. The molecule has 0 radical (unpaired) electrons. The maximum atomic E-state index is 11.8. The average molecular weight is 230 g/mol. The van der Waals surface area contributed by atoms with Gasteiger partial charge >= 0.3 is 0 Å². The summed E-state index contributed by atoms with van der Waals surface area (Å²) in [6, 6.07) is 8.57. The van der Waals surface area contributed by atoms with Crippen LogP contribution in [0.4, 0.5) is 5.69 Å². The van der Waals surface area contributed by atoms with Crippen molar-refractivity contribution in [2.24, 2.45) is 5.92 Å². The van der Waals surface area contributed by atoms with Crippen molar-refractivity contribution in [3.05, 3.63) is 29.8 Å². The Morgan fingerprint density at radius 2 is 2.06 bits per heavy atom. The molecule has 0 bridgehead atoms. The molecular formula is C14H18N2O. The molecule has 1 aromatic carbocycles. The summed E-state index contributed by atoms with van der Waals surface area (Å²) in [5, 5.41) is 3.19. The zero-order valence-corrected chi connectivity index (χ0v) is 10.1. The lowest BCUT2D eigenvalue weighted by Crippen LogP contribution is -2.36. The van der Waals surface area contributed by atoms with Gasteiger partial charge in [-0.25, -0.2) is 0 Å². The number of amides is 1. The Kier molecular flexibility index (Phi) is 2.54. The van der Waals surface area contributed by atoms with E-state index in [9.17, 15) is 4.79 Å². The molecule has 1 aliphatic heterocycles. The third-order valence-electron chi connectivity index (χ3n) is 3.74.